The first-order valence-corrected chi connectivity index (χ1v) is 7.14. The molecule has 3 heteroatoms. The van der Waals surface area contributed by atoms with E-state index >= 15 is 0 Å². The first-order valence-electron chi connectivity index (χ1n) is 7.14. The molecule has 0 aromatic heterocycles. The van der Waals surface area contributed by atoms with Crippen molar-refractivity contribution in [1.82, 2.24) is 4.90 Å². The van der Waals surface area contributed by atoms with Gasteiger partial charge in [0.15, 0.2) is 0 Å². The van der Waals surface area contributed by atoms with Crippen LogP contribution in [0.15, 0.2) is 0 Å². The lowest BCUT2D eigenvalue weighted by Gasteiger charge is -2.55. The van der Waals surface area contributed by atoms with Gasteiger partial charge in [-0.05, 0) is 43.9 Å². The van der Waals surface area contributed by atoms with E-state index in [0.717, 1.165) is 44.7 Å². The van der Waals surface area contributed by atoms with Crippen LogP contribution in [-0.4, -0.2) is 34.6 Å². The van der Waals surface area contributed by atoms with Gasteiger partial charge in [-0.2, -0.15) is 0 Å². The van der Waals surface area contributed by atoms with Gasteiger partial charge >= 0.3 is 0 Å². The molecule has 18 heavy (non-hydrogen) atoms. The lowest BCUT2D eigenvalue weighted by atomic mass is 9.56. The Bertz CT molecular complexity index is 276. The van der Waals surface area contributed by atoms with Crippen LogP contribution in [0.2, 0.25) is 0 Å². The van der Waals surface area contributed by atoms with Gasteiger partial charge in [-0.25, -0.2) is 0 Å². The fourth-order valence-corrected chi connectivity index (χ4v) is 3.21. The molecule has 1 aliphatic carbocycles. The number of amides is 1. The van der Waals surface area contributed by atoms with E-state index in [-0.39, 0.29) is 5.91 Å². The van der Waals surface area contributed by atoms with Crippen LogP contribution in [0, 0.1) is 11.3 Å². The summed E-state index contributed by atoms with van der Waals surface area (Å²) in [5.41, 5.74) is -0.0756. The molecule has 1 aliphatic heterocycles. The highest BCUT2D eigenvalue weighted by Crippen LogP contribution is 2.54. The van der Waals surface area contributed by atoms with Crippen molar-refractivity contribution in [1.29, 1.82) is 0 Å². The molecule has 106 valence electrons. The molecule has 2 aliphatic rings. The van der Waals surface area contributed by atoms with Crippen LogP contribution in [0.4, 0.5) is 0 Å². The smallest absolute Gasteiger partial charge is 0.219 e. The third kappa shape index (κ3) is 4.27. The van der Waals surface area contributed by atoms with E-state index in [1.165, 1.54) is 0 Å². The van der Waals surface area contributed by atoms with E-state index in [1.807, 2.05) is 11.8 Å². The maximum atomic E-state index is 11.1. The predicted octanol–water partition coefficient (Wildman–Crippen LogP) is 2.82. The Morgan fingerprint density at radius 3 is 1.83 bits per heavy atom. The van der Waals surface area contributed by atoms with Gasteiger partial charge in [0.1, 0.15) is 0 Å². The van der Waals surface area contributed by atoms with E-state index in [9.17, 15) is 9.90 Å². The first kappa shape index (κ1) is 15.5. The van der Waals surface area contributed by atoms with Gasteiger partial charge in [0, 0.05) is 20.0 Å². The standard InChI is InChI=1S/C11H19NO2.C4H10/c1-9(13)12-5-3-11(4-6-12)7-10(2,14)8-11;1-4(2)3/h14H,3-8H2,1-2H3;4H,1-3H3. The van der Waals surface area contributed by atoms with Gasteiger partial charge in [-0.1, -0.05) is 20.8 Å². The average molecular weight is 255 g/mol. The number of hydrogen-bond donors (Lipinski definition) is 1. The van der Waals surface area contributed by atoms with Gasteiger partial charge in [-0.3, -0.25) is 4.79 Å². The number of likely N-dealkylation sites (tertiary alicyclic amines) is 1. The molecule has 1 saturated heterocycles. The molecular weight excluding hydrogens is 226 g/mol. The summed E-state index contributed by atoms with van der Waals surface area (Å²) < 4.78 is 0. The fraction of sp³-hybridized carbons (Fsp3) is 0.933. The zero-order valence-electron chi connectivity index (χ0n) is 12.6. The van der Waals surface area contributed by atoms with Crippen molar-refractivity contribution in [3.63, 3.8) is 0 Å². The quantitative estimate of drug-likeness (QED) is 0.723. The SMILES string of the molecule is CC(=O)N1CCC2(CC1)CC(C)(O)C2.CC(C)C. The third-order valence-electron chi connectivity index (χ3n) is 3.78. The molecule has 2 fully saturated rings. The number of hydrogen-bond acceptors (Lipinski definition) is 2. The van der Waals surface area contributed by atoms with Crippen molar-refractivity contribution in [2.45, 2.75) is 65.9 Å². The van der Waals surface area contributed by atoms with Crippen LogP contribution >= 0.6 is 0 Å². The lowest BCUT2D eigenvalue weighted by molar-refractivity contribution is -0.148. The molecule has 0 radical (unpaired) electrons. The van der Waals surface area contributed by atoms with Crippen molar-refractivity contribution in [2.75, 3.05) is 13.1 Å². The number of aliphatic hydroxyl groups is 1. The van der Waals surface area contributed by atoms with E-state index in [1.54, 1.807) is 6.92 Å². The van der Waals surface area contributed by atoms with Crippen LogP contribution in [-0.2, 0) is 4.79 Å². The summed E-state index contributed by atoms with van der Waals surface area (Å²) >= 11 is 0. The molecular formula is C15H29NO2. The summed E-state index contributed by atoms with van der Waals surface area (Å²) in [5.74, 6) is 1.02. The predicted molar refractivity (Wildman–Crippen MR) is 74.3 cm³/mol. The lowest BCUT2D eigenvalue weighted by Crippen LogP contribution is -2.55. The fourth-order valence-electron chi connectivity index (χ4n) is 3.21. The summed E-state index contributed by atoms with van der Waals surface area (Å²) in [6.45, 7) is 11.8. The molecule has 0 aromatic carbocycles. The van der Waals surface area contributed by atoms with E-state index < -0.39 is 5.60 Å². The van der Waals surface area contributed by atoms with Gasteiger partial charge in [0.25, 0.3) is 0 Å². The number of nitrogens with zero attached hydrogens (tertiary/aromatic N) is 1. The van der Waals surface area contributed by atoms with Crippen LogP contribution in [0.5, 0.6) is 0 Å². The first-order chi connectivity index (χ1) is 8.16. The molecule has 1 spiro atoms. The Morgan fingerprint density at radius 2 is 1.56 bits per heavy atom. The number of piperidine rings is 1. The highest BCUT2D eigenvalue weighted by atomic mass is 16.3. The highest BCUT2D eigenvalue weighted by molar-refractivity contribution is 5.73. The second-order valence-electron chi connectivity index (χ2n) is 7.09. The Kier molecular flexibility index (Phi) is 4.82. The van der Waals surface area contributed by atoms with Crippen molar-refractivity contribution < 1.29 is 9.90 Å². The molecule has 0 bridgehead atoms. The number of carbonyl (C=O) groups excluding carboxylic acids is 1. The number of carbonyl (C=O) groups is 1. The average Bonchev–Trinajstić information content (AvgIpc) is 2.14. The molecule has 0 aromatic rings. The van der Waals surface area contributed by atoms with E-state index in [0.29, 0.717) is 5.41 Å². The topological polar surface area (TPSA) is 40.5 Å². The molecule has 1 saturated carbocycles. The Morgan fingerprint density at radius 1 is 1.17 bits per heavy atom. The monoisotopic (exact) mass is 255 g/mol. The zero-order valence-corrected chi connectivity index (χ0v) is 12.6. The maximum Gasteiger partial charge on any atom is 0.219 e. The summed E-state index contributed by atoms with van der Waals surface area (Å²) in [4.78, 5) is 13.0. The van der Waals surface area contributed by atoms with Gasteiger partial charge in [-0.15, -0.1) is 0 Å². The van der Waals surface area contributed by atoms with Gasteiger partial charge < -0.3 is 10.0 Å². The van der Waals surface area contributed by atoms with Crippen molar-refractivity contribution in [3.05, 3.63) is 0 Å². The molecule has 1 N–H and O–H groups in total. The summed E-state index contributed by atoms with van der Waals surface area (Å²) in [5, 5.41) is 9.73. The summed E-state index contributed by atoms with van der Waals surface area (Å²) in [6.07, 6.45) is 3.99. The van der Waals surface area contributed by atoms with Gasteiger partial charge in [0.05, 0.1) is 5.60 Å². The van der Waals surface area contributed by atoms with Crippen LogP contribution in [0.1, 0.15) is 60.3 Å². The Hall–Kier alpha value is -0.570. The third-order valence-corrected chi connectivity index (χ3v) is 3.78. The molecule has 3 nitrogen and oxygen atoms in total. The van der Waals surface area contributed by atoms with E-state index in [2.05, 4.69) is 20.8 Å². The largest absolute Gasteiger partial charge is 0.390 e. The minimum Gasteiger partial charge on any atom is -0.390 e. The second kappa shape index (κ2) is 5.60. The molecule has 0 unspecified atom stereocenters. The minimum atomic E-state index is -0.432. The normalized spacial score (nSPS) is 24.3. The zero-order chi connectivity index (χ0) is 14.0. The Labute approximate surface area is 112 Å². The van der Waals surface area contributed by atoms with Crippen molar-refractivity contribution in [3.8, 4) is 0 Å². The molecule has 2 rings (SSSR count). The molecule has 1 heterocycles. The molecule has 0 atom stereocenters. The van der Waals surface area contributed by atoms with Crippen LogP contribution in [0.25, 0.3) is 0 Å². The van der Waals surface area contributed by atoms with E-state index in [4.69, 9.17) is 0 Å². The Balaban J connectivity index is 0.000000357. The summed E-state index contributed by atoms with van der Waals surface area (Å²) in [6, 6.07) is 0. The van der Waals surface area contributed by atoms with Crippen LogP contribution < -0.4 is 0 Å². The van der Waals surface area contributed by atoms with Crippen molar-refractivity contribution >= 4 is 5.91 Å². The summed E-state index contributed by atoms with van der Waals surface area (Å²) in [7, 11) is 0. The van der Waals surface area contributed by atoms with Crippen molar-refractivity contribution in [2.24, 2.45) is 11.3 Å². The minimum absolute atomic E-state index is 0.186. The van der Waals surface area contributed by atoms with Crippen LogP contribution in [0.3, 0.4) is 0 Å². The number of rotatable bonds is 0. The second-order valence-corrected chi connectivity index (χ2v) is 7.09. The molecule has 1 amide bonds. The maximum absolute atomic E-state index is 11.1. The van der Waals surface area contributed by atoms with Gasteiger partial charge in [0.2, 0.25) is 5.91 Å². The highest BCUT2D eigenvalue weighted by Gasteiger charge is 2.51.